The number of rotatable bonds is 2. The topological polar surface area (TPSA) is 38.0 Å². The molecule has 1 aromatic rings. The van der Waals surface area contributed by atoms with Crippen LogP contribution in [0.5, 0.6) is 0 Å². The lowest BCUT2D eigenvalue weighted by Gasteiger charge is -2.11. The van der Waals surface area contributed by atoms with Crippen molar-refractivity contribution in [3.63, 3.8) is 0 Å². The number of hydrogen-bond donors (Lipinski definition) is 2. The van der Waals surface area contributed by atoms with Crippen LogP contribution in [0.1, 0.15) is 11.6 Å². The van der Waals surface area contributed by atoms with E-state index in [9.17, 15) is 4.39 Å². The van der Waals surface area contributed by atoms with Gasteiger partial charge in [-0.3, -0.25) is 5.84 Å². The summed E-state index contributed by atoms with van der Waals surface area (Å²) in [7, 11) is 0. The summed E-state index contributed by atoms with van der Waals surface area (Å²) >= 11 is 2.02. The van der Waals surface area contributed by atoms with E-state index in [4.69, 9.17) is 12.3 Å². The largest absolute Gasteiger partial charge is 0.270 e. The van der Waals surface area contributed by atoms with E-state index in [0.29, 0.717) is 0 Å². The van der Waals surface area contributed by atoms with Gasteiger partial charge >= 0.3 is 0 Å². The zero-order valence-corrected chi connectivity index (χ0v) is 8.88. The number of nitrogens with two attached hydrogens (primary N) is 1. The van der Waals surface area contributed by atoms with Crippen LogP contribution >= 0.6 is 22.6 Å². The quantitative estimate of drug-likeness (QED) is 0.375. The Hall–Kier alpha value is -0.640. The minimum Gasteiger partial charge on any atom is -0.270 e. The first-order valence-corrected chi connectivity index (χ1v) is 4.64. The number of halogens is 2. The van der Waals surface area contributed by atoms with Crippen molar-refractivity contribution >= 4 is 22.6 Å². The molecule has 68 valence electrons. The van der Waals surface area contributed by atoms with Gasteiger partial charge in [-0.2, -0.15) is 0 Å². The monoisotopic (exact) mass is 290 g/mol. The van der Waals surface area contributed by atoms with Crippen LogP contribution in [-0.4, -0.2) is 0 Å². The number of benzene rings is 1. The van der Waals surface area contributed by atoms with Crippen LogP contribution in [0.2, 0.25) is 0 Å². The van der Waals surface area contributed by atoms with Gasteiger partial charge in [-0.1, -0.05) is 12.0 Å². The second kappa shape index (κ2) is 4.56. The Morgan fingerprint density at radius 3 is 2.77 bits per heavy atom. The number of hydrogen-bond acceptors (Lipinski definition) is 2. The first-order chi connectivity index (χ1) is 6.19. The summed E-state index contributed by atoms with van der Waals surface area (Å²) < 4.78 is 13.5. The fourth-order valence-electron chi connectivity index (χ4n) is 0.963. The molecule has 1 unspecified atom stereocenters. The molecule has 0 saturated heterocycles. The molecule has 2 nitrogen and oxygen atoms in total. The van der Waals surface area contributed by atoms with Gasteiger partial charge < -0.3 is 0 Å². The lowest BCUT2D eigenvalue weighted by atomic mass is 10.1. The number of terminal acetylenes is 1. The Balaban J connectivity index is 3.09. The van der Waals surface area contributed by atoms with E-state index in [1.807, 2.05) is 22.6 Å². The summed E-state index contributed by atoms with van der Waals surface area (Å²) in [5.41, 5.74) is 3.28. The van der Waals surface area contributed by atoms with Gasteiger partial charge in [0.05, 0.1) is 0 Å². The molecule has 1 aromatic carbocycles. The van der Waals surface area contributed by atoms with Crippen LogP contribution < -0.4 is 11.3 Å². The van der Waals surface area contributed by atoms with Crippen molar-refractivity contribution < 1.29 is 4.39 Å². The first kappa shape index (κ1) is 10.4. The molecular formula is C9H8FIN2. The fourth-order valence-corrected chi connectivity index (χ4v) is 1.75. The summed E-state index contributed by atoms with van der Waals surface area (Å²) in [6.07, 6.45) is 5.23. The summed E-state index contributed by atoms with van der Waals surface area (Å²) in [4.78, 5) is 0. The van der Waals surface area contributed by atoms with Gasteiger partial charge in [0, 0.05) is 3.57 Å². The van der Waals surface area contributed by atoms with Crippen LogP contribution in [0.15, 0.2) is 18.2 Å². The second-order valence-electron chi connectivity index (χ2n) is 2.43. The molecule has 1 rings (SSSR count). The van der Waals surface area contributed by atoms with Gasteiger partial charge in [0.2, 0.25) is 0 Å². The van der Waals surface area contributed by atoms with Crippen LogP contribution in [0, 0.1) is 21.7 Å². The molecule has 0 aliphatic rings. The third-order valence-corrected chi connectivity index (χ3v) is 2.54. The molecule has 0 aromatic heterocycles. The van der Waals surface area contributed by atoms with Crippen molar-refractivity contribution in [2.75, 3.05) is 0 Å². The average molecular weight is 290 g/mol. The molecule has 0 radical (unpaired) electrons. The van der Waals surface area contributed by atoms with E-state index in [1.54, 1.807) is 6.07 Å². The van der Waals surface area contributed by atoms with E-state index in [1.165, 1.54) is 12.1 Å². The highest BCUT2D eigenvalue weighted by Crippen LogP contribution is 2.19. The van der Waals surface area contributed by atoms with Gasteiger partial charge in [0.1, 0.15) is 11.9 Å². The minimum atomic E-state index is -0.368. The Morgan fingerprint density at radius 2 is 2.31 bits per heavy atom. The molecule has 0 aliphatic carbocycles. The van der Waals surface area contributed by atoms with Gasteiger partial charge in [0.25, 0.3) is 0 Å². The zero-order chi connectivity index (χ0) is 9.84. The maximum atomic E-state index is 12.7. The Labute approximate surface area is 89.8 Å². The fraction of sp³-hybridized carbons (Fsp3) is 0.111. The molecule has 0 saturated carbocycles. The number of nitrogens with one attached hydrogen (secondary N) is 1. The normalized spacial score (nSPS) is 12.2. The van der Waals surface area contributed by atoms with Crippen molar-refractivity contribution in [2.45, 2.75) is 6.04 Å². The molecule has 0 amide bonds. The lowest BCUT2D eigenvalue weighted by molar-refractivity contribution is 0.620. The predicted molar refractivity (Wildman–Crippen MR) is 58.0 cm³/mol. The van der Waals surface area contributed by atoms with Gasteiger partial charge in [-0.05, 0) is 40.3 Å². The van der Waals surface area contributed by atoms with Crippen LogP contribution in [0.25, 0.3) is 0 Å². The Kier molecular flexibility index (Phi) is 3.66. The van der Waals surface area contributed by atoms with Crippen molar-refractivity contribution in [1.29, 1.82) is 0 Å². The van der Waals surface area contributed by atoms with E-state index >= 15 is 0 Å². The minimum absolute atomic E-state index is 0.277. The Morgan fingerprint density at radius 1 is 1.62 bits per heavy atom. The van der Waals surface area contributed by atoms with Crippen molar-refractivity contribution in [1.82, 2.24) is 5.43 Å². The molecule has 0 fully saturated rings. The van der Waals surface area contributed by atoms with Crippen molar-refractivity contribution in [2.24, 2.45) is 5.84 Å². The van der Waals surface area contributed by atoms with E-state index in [0.717, 1.165) is 9.13 Å². The lowest BCUT2D eigenvalue weighted by Crippen LogP contribution is -2.27. The van der Waals surface area contributed by atoms with E-state index < -0.39 is 0 Å². The summed E-state index contributed by atoms with van der Waals surface area (Å²) in [6, 6.07) is 4.03. The molecule has 4 heteroatoms. The maximum absolute atomic E-state index is 12.7. The van der Waals surface area contributed by atoms with Gasteiger partial charge in [-0.25, -0.2) is 9.82 Å². The molecule has 1 atom stereocenters. The molecule has 13 heavy (non-hydrogen) atoms. The number of hydrazine groups is 1. The molecule has 0 bridgehead atoms. The van der Waals surface area contributed by atoms with Crippen molar-refractivity contribution in [3.8, 4) is 12.3 Å². The SMILES string of the molecule is C#CC(NN)c1ccc(F)cc1I. The highest BCUT2D eigenvalue weighted by molar-refractivity contribution is 14.1. The van der Waals surface area contributed by atoms with Gasteiger partial charge in [0.15, 0.2) is 0 Å². The zero-order valence-electron chi connectivity index (χ0n) is 6.72. The highest BCUT2D eigenvalue weighted by atomic mass is 127. The van der Waals surface area contributed by atoms with E-state index in [-0.39, 0.29) is 11.9 Å². The summed E-state index contributed by atoms with van der Waals surface area (Å²) in [5, 5.41) is 0. The van der Waals surface area contributed by atoms with Gasteiger partial charge in [-0.15, -0.1) is 6.42 Å². The molecule has 0 spiro atoms. The molecule has 0 aliphatic heterocycles. The van der Waals surface area contributed by atoms with E-state index in [2.05, 4.69) is 11.3 Å². The predicted octanol–water partition coefficient (Wildman–Crippen LogP) is 1.57. The first-order valence-electron chi connectivity index (χ1n) is 3.56. The maximum Gasteiger partial charge on any atom is 0.124 e. The second-order valence-corrected chi connectivity index (χ2v) is 3.59. The molecule has 3 N–H and O–H groups in total. The third-order valence-electron chi connectivity index (χ3n) is 1.61. The van der Waals surface area contributed by atoms with Crippen LogP contribution in [0.3, 0.4) is 0 Å². The standard InChI is InChI=1S/C9H8FIN2/c1-2-9(13-12)7-4-3-6(10)5-8(7)11/h1,3-5,9,13H,12H2. The van der Waals surface area contributed by atoms with Crippen LogP contribution in [0.4, 0.5) is 4.39 Å². The molecular weight excluding hydrogens is 282 g/mol. The third kappa shape index (κ3) is 2.40. The smallest absolute Gasteiger partial charge is 0.124 e. The summed E-state index contributed by atoms with van der Waals surface area (Å²) in [5.74, 6) is 7.42. The summed E-state index contributed by atoms with van der Waals surface area (Å²) in [6.45, 7) is 0. The van der Waals surface area contributed by atoms with Crippen molar-refractivity contribution in [3.05, 3.63) is 33.1 Å². The average Bonchev–Trinajstić information content (AvgIpc) is 2.10. The highest BCUT2D eigenvalue weighted by Gasteiger charge is 2.09. The Bertz CT molecular complexity index is 346. The van der Waals surface area contributed by atoms with Crippen LogP contribution in [-0.2, 0) is 0 Å². The molecule has 0 heterocycles.